The first-order valence-electron chi connectivity index (χ1n) is 9.31. The van der Waals surface area contributed by atoms with Gasteiger partial charge in [0.15, 0.2) is 0 Å². The van der Waals surface area contributed by atoms with Crippen molar-refractivity contribution in [2.45, 2.75) is 12.7 Å². The summed E-state index contributed by atoms with van der Waals surface area (Å²) < 4.78 is 41.6. The molecule has 0 saturated carbocycles. The van der Waals surface area contributed by atoms with Crippen LogP contribution in [0.5, 0.6) is 0 Å². The standard InChI is InChI=1S/C21H13ClF3N3O4S/c22-14-3-2-12(15(7-14)21(23,24)25)9-28-16-4-1-11(5-13(16)8-26-28)6-17-19(31)27(10-18(29)30)20(32)33-17/h1-8H,9-10H2,(H,29,30). The van der Waals surface area contributed by atoms with E-state index in [1.807, 2.05) is 0 Å². The number of carbonyl (C=O) groups excluding carboxylic acids is 2. The Labute approximate surface area is 193 Å². The second-order valence-electron chi connectivity index (χ2n) is 7.08. The van der Waals surface area contributed by atoms with Crippen molar-refractivity contribution in [1.82, 2.24) is 14.7 Å². The largest absolute Gasteiger partial charge is 0.480 e. The van der Waals surface area contributed by atoms with Crippen LogP contribution in [-0.4, -0.2) is 43.4 Å². The molecule has 0 radical (unpaired) electrons. The number of alkyl halides is 3. The first-order valence-corrected chi connectivity index (χ1v) is 10.5. The number of carboxylic acids is 1. The van der Waals surface area contributed by atoms with Gasteiger partial charge in [0.05, 0.1) is 28.7 Å². The van der Waals surface area contributed by atoms with E-state index >= 15 is 0 Å². The van der Waals surface area contributed by atoms with Crippen molar-refractivity contribution >= 4 is 57.5 Å². The van der Waals surface area contributed by atoms with Crippen molar-refractivity contribution in [3.8, 4) is 0 Å². The second kappa shape index (κ2) is 8.56. The molecule has 33 heavy (non-hydrogen) atoms. The minimum Gasteiger partial charge on any atom is -0.480 e. The molecule has 1 N–H and O–H groups in total. The van der Waals surface area contributed by atoms with Gasteiger partial charge in [-0.15, -0.1) is 0 Å². The van der Waals surface area contributed by atoms with Crippen molar-refractivity contribution < 1.29 is 32.7 Å². The zero-order chi connectivity index (χ0) is 23.9. The molecule has 0 unspecified atom stereocenters. The normalized spacial score (nSPS) is 15.8. The van der Waals surface area contributed by atoms with E-state index in [-0.39, 0.29) is 22.0 Å². The molecule has 1 fully saturated rings. The van der Waals surface area contributed by atoms with Gasteiger partial charge in [0.1, 0.15) is 6.54 Å². The van der Waals surface area contributed by atoms with E-state index in [1.165, 1.54) is 29.1 Å². The number of carbonyl (C=O) groups is 3. The van der Waals surface area contributed by atoms with Gasteiger partial charge in [0.25, 0.3) is 11.1 Å². The molecule has 7 nitrogen and oxygen atoms in total. The molecule has 3 aromatic rings. The number of nitrogens with zero attached hydrogens (tertiary/aromatic N) is 3. The zero-order valence-electron chi connectivity index (χ0n) is 16.5. The van der Waals surface area contributed by atoms with Crippen molar-refractivity contribution in [3.05, 3.63) is 69.2 Å². The van der Waals surface area contributed by atoms with Gasteiger partial charge in [0.2, 0.25) is 0 Å². The van der Waals surface area contributed by atoms with Crippen LogP contribution >= 0.6 is 23.4 Å². The highest BCUT2D eigenvalue weighted by Crippen LogP contribution is 2.35. The summed E-state index contributed by atoms with van der Waals surface area (Å²) in [5, 5.41) is 12.9. The third kappa shape index (κ3) is 4.74. The average molecular weight is 496 g/mol. The van der Waals surface area contributed by atoms with Gasteiger partial charge in [-0.3, -0.25) is 24.0 Å². The Kier molecular flexibility index (Phi) is 5.93. The zero-order valence-corrected chi connectivity index (χ0v) is 18.0. The van der Waals surface area contributed by atoms with Crippen LogP contribution in [0.1, 0.15) is 16.7 Å². The summed E-state index contributed by atoms with van der Waals surface area (Å²) in [4.78, 5) is 35.7. The Morgan fingerprint density at radius 3 is 2.64 bits per heavy atom. The number of benzene rings is 2. The third-order valence-corrected chi connectivity index (χ3v) is 5.97. The number of aliphatic carboxylic acids is 1. The van der Waals surface area contributed by atoms with E-state index in [1.54, 1.807) is 18.2 Å². The number of rotatable bonds is 5. The van der Waals surface area contributed by atoms with Crippen molar-refractivity contribution in [2.75, 3.05) is 6.54 Å². The van der Waals surface area contributed by atoms with E-state index in [4.69, 9.17) is 16.7 Å². The van der Waals surface area contributed by atoms with Crippen LogP contribution in [-0.2, 0) is 22.3 Å². The summed E-state index contributed by atoms with van der Waals surface area (Å²) in [7, 11) is 0. The molecule has 2 aromatic carbocycles. The fourth-order valence-corrected chi connectivity index (χ4v) is 4.37. The molecule has 2 amide bonds. The predicted molar refractivity (Wildman–Crippen MR) is 116 cm³/mol. The number of fused-ring (bicyclic) bond motifs is 1. The van der Waals surface area contributed by atoms with E-state index < -0.39 is 35.4 Å². The Hall–Kier alpha value is -3.31. The lowest BCUT2D eigenvalue weighted by Crippen LogP contribution is -2.33. The summed E-state index contributed by atoms with van der Waals surface area (Å²) in [6.45, 7) is -0.860. The van der Waals surface area contributed by atoms with Gasteiger partial charge in [-0.2, -0.15) is 18.3 Å². The number of amides is 2. The number of aromatic nitrogens is 2. The molecule has 0 aliphatic carbocycles. The highest BCUT2D eigenvalue weighted by molar-refractivity contribution is 8.18. The number of hydrogen-bond acceptors (Lipinski definition) is 5. The molecule has 0 bridgehead atoms. The van der Waals surface area contributed by atoms with E-state index in [0.717, 1.165) is 6.07 Å². The van der Waals surface area contributed by atoms with Gasteiger partial charge in [-0.1, -0.05) is 23.7 Å². The molecular formula is C21H13ClF3N3O4S. The Morgan fingerprint density at radius 2 is 1.94 bits per heavy atom. The minimum atomic E-state index is -4.57. The maximum Gasteiger partial charge on any atom is 0.416 e. The Morgan fingerprint density at radius 1 is 1.18 bits per heavy atom. The van der Waals surface area contributed by atoms with Crippen LogP contribution in [0.4, 0.5) is 18.0 Å². The SMILES string of the molecule is O=C(O)CN1C(=O)SC(=Cc2ccc3c(cnn3Cc3ccc(Cl)cc3C(F)(F)F)c2)C1=O. The lowest BCUT2D eigenvalue weighted by Gasteiger charge is -2.14. The summed E-state index contributed by atoms with van der Waals surface area (Å²) >= 11 is 6.37. The third-order valence-electron chi connectivity index (χ3n) is 4.83. The number of thioether (sulfide) groups is 1. The van der Waals surface area contributed by atoms with Crippen LogP contribution in [0.2, 0.25) is 5.02 Å². The summed E-state index contributed by atoms with van der Waals surface area (Å²) in [6, 6.07) is 8.49. The van der Waals surface area contributed by atoms with E-state index in [9.17, 15) is 27.6 Å². The predicted octanol–water partition coefficient (Wildman–Crippen LogP) is 4.88. The monoisotopic (exact) mass is 495 g/mol. The first-order chi connectivity index (χ1) is 15.5. The Balaban J connectivity index is 1.62. The van der Waals surface area contributed by atoms with Crippen LogP contribution in [0, 0.1) is 0 Å². The fourth-order valence-electron chi connectivity index (χ4n) is 3.36. The topological polar surface area (TPSA) is 92.5 Å². The first kappa shape index (κ1) is 22.9. The van der Waals surface area contributed by atoms with E-state index in [2.05, 4.69) is 5.10 Å². The maximum atomic E-state index is 13.4. The van der Waals surface area contributed by atoms with Gasteiger partial charge < -0.3 is 5.11 Å². The lowest BCUT2D eigenvalue weighted by atomic mass is 10.1. The van der Waals surface area contributed by atoms with Crippen molar-refractivity contribution in [1.29, 1.82) is 0 Å². The molecule has 1 aliphatic rings. The molecule has 170 valence electrons. The van der Waals surface area contributed by atoms with Crippen LogP contribution in [0.3, 0.4) is 0 Å². The smallest absolute Gasteiger partial charge is 0.416 e. The van der Waals surface area contributed by atoms with E-state index in [0.29, 0.717) is 33.1 Å². The number of imide groups is 1. The highest BCUT2D eigenvalue weighted by atomic mass is 35.5. The van der Waals surface area contributed by atoms with Gasteiger partial charge in [-0.25, -0.2) is 0 Å². The number of hydrogen-bond donors (Lipinski definition) is 1. The maximum absolute atomic E-state index is 13.4. The van der Waals surface area contributed by atoms with Crippen LogP contribution in [0.15, 0.2) is 47.5 Å². The van der Waals surface area contributed by atoms with Crippen LogP contribution in [0.25, 0.3) is 17.0 Å². The van der Waals surface area contributed by atoms with Crippen molar-refractivity contribution in [3.63, 3.8) is 0 Å². The molecule has 1 saturated heterocycles. The molecule has 0 spiro atoms. The minimum absolute atomic E-state index is 0.00748. The molecule has 2 heterocycles. The summed E-state index contributed by atoms with van der Waals surface area (Å²) in [5.41, 5.74) is 0.278. The lowest BCUT2D eigenvalue weighted by molar-refractivity contribution is -0.140. The molecule has 1 aliphatic heterocycles. The average Bonchev–Trinajstić information content (AvgIpc) is 3.24. The van der Waals surface area contributed by atoms with Crippen molar-refractivity contribution in [2.24, 2.45) is 0 Å². The van der Waals surface area contributed by atoms with Gasteiger partial charge in [0, 0.05) is 10.4 Å². The van der Waals surface area contributed by atoms with Crippen LogP contribution < -0.4 is 0 Å². The van der Waals surface area contributed by atoms with Gasteiger partial charge in [-0.05, 0) is 53.2 Å². The van der Waals surface area contributed by atoms with Gasteiger partial charge >= 0.3 is 12.1 Å². The number of halogens is 4. The molecule has 0 atom stereocenters. The molecule has 12 heteroatoms. The summed E-state index contributed by atoms with van der Waals surface area (Å²) in [6.07, 6.45) is -1.64. The quantitative estimate of drug-likeness (QED) is 0.507. The fraction of sp³-hybridized carbons (Fsp3) is 0.143. The summed E-state index contributed by atoms with van der Waals surface area (Å²) in [5.74, 6) is -2.01. The Bertz CT molecular complexity index is 1340. The highest BCUT2D eigenvalue weighted by Gasteiger charge is 2.36. The molecular weight excluding hydrogens is 483 g/mol. The molecule has 1 aromatic heterocycles. The second-order valence-corrected chi connectivity index (χ2v) is 8.51. The number of carboxylic acid groups (broad SMARTS) is 1. The molecule has 4 rings (SSSR count).